The summed E-state index contributed by atoms with van der Waals surface area (Å²) in [4.78, 5) is 23.5. The van der Waals surface area contributed by atoms with E-state index in [9.17, 15) is 23.1 Å². The average molecular weight is 308 g/mol. The topological polar surface area (TPSA) is 97.7 Å². The van der Waals surface area contributed by atoms with Gasteiger partial charge < -0.3 is 9.84 Å². The maximum atomic E-state index is 12.0. The maximum Gasteiger partial charge on any atom is 0.323 e. The maximum absolute atomic E-state index is 12.0. The second kappa shape index (κ2) is 7.61. The molecule has 0 heterocycles. The monoisotopic (exact) mass is 308 g/mol. The Morgan fingerprint density at radius 3 is 2.10 bits per heavy atom. The van der Waals surface area contributed by atoms with Gasteiger partial charge in [-0.05, 0) is 33.6 Å². The number of aliphatic carboxylic acids is 1. The van der Waals surface area contributed by atoms with E-state index in [1.54, 1.807) is 13.8 Å². The Balaban J connectivity index is 5.32. The molecule has 1 N–H and O–H groups in total. The van der Waals surface area contributed by atoms with Crippen molar-refractivity contribution in [3.8, 4) is 0 Å². The highest BCUT2D eigenvalue weighted by atomic mass is 32.2. The molecule has 1 unspecified atom stereocenters. The lowest BCUT2D eigenvalue weighted by atomic mass is 9.81. The summed E-state index contributed by atoms with van der Waals surface area (Å²) < 4.78 is 28.5. The molecule has 118 valence electrons. The van der Waals surface area contributed by atoms with Gasteiger partial charge >= 0.3 is 11.9 Å². The van der Waals surface area contributed by atoms with Crippen LogP contribution in [0.4, 0.5) is 0 Å². The molecular formula is C13H24O6S. The zero-order valence-corrected chi connectivity index (χ0v) is 13.3. The number of carboxylic acid groups (broad SMARTS) is 1. The standard InChI is InChI=1S/C13H24O6S/c1-5-7-13(11(14)15,12(16)19-6-2)8-9-20(17,18)10(3)4/h10H,5-9H2,1-4H3,(H,14,15). The Kier molecular flexibility index (Phi) is 7.19. The van der Waals surface area contributed by atoms with Gasteiger partial charge in [0.05, 0.1) is 17.6 Å². The molecule has 20 heavy (non-hydrogen) atoms. The van der Waals surface area contributed by atoms with Gasteiger partial charge in [0.15, 0.2) is 15.3 Å². The summed E-state index contributed by atoms with van der Waals surface area (Å²) in [6.45, 7) is 6.45. The fourth-order valence-electron chi connectivity index (χ4n) is 1.88. The minimum absolute atomic E-state index is 0.0640. The van der Waals surface area contributed by atoms with Crippen LogP contribution < -0.4 is 0 Å². The number of hydrogen-bond donors (Lipinski definition) is 1. The van der Waals surface area contributed by atoms with Crippen molar-refractivity contribution in [1.82, 2.24) is 0 Å². The molecule has 0 radical (unpaired) electrons. The van der Waals surface area contributed by atoms with E-state index in [4.69, 9.17) is 4.74 Å². The summed E-state index contributed by atoms with van der Waals surface area (Å²) in [5.41, 5.74) is -1.77. The fourth-order valence-corrected chi connectivity index (χ4v) is 2.98. The number of carboxylic acids is 1. The van der Waals surface area contributed by atoms with Gasteiger partial charge in [-0.25, -0.2) is 8.42 Å². The molecule has 1 atom stereocenters. The second-order valence-electron chi connectivity index (χ2n) is 5.02. The Morgan fingerprint density at radius 2 is 1.75 bits per heavy atom. The number of rotatable bonds is 9. The van der Waals surface area contributed by atoms with Crippen molar-refractivity contribution in [3.05, 3.63) is 0 Å². The predicted octanol–water partition coefficient (Wildman–Crippen LogP) is 1.63. The van der Waals surface area contributed by atoms with Crippen molar-refractivity contribution in [2.24, 2.45) is 5.41 Å². The van der Waals surface area contributed by atoms with Crippen LogP contribution >= 0.6 is 0 Å². The molecule has 0 aliphatic rings. The van der Waals surface area contributed by atoms with Gasteiger partial charge in [-0.1, -0.05) is 13.3 Å². The molecule has 0 fully saturated rings. The summed E-state index contributed by atoms with van der Waals surface area (Å²) in [5.74, 6) is -2.51. The Hall–Kier alpha value is -1.11. The first-order valence-electron chi connectivity index (χ1n) is 6.76. The molecule has 0 aliphatic carbocycles. The van der Waals surface area contributed by atoms with E-state index in [0.717, 1.165) is 0 Å². The summed E-state index contributed by atoms with van der Waals surface area (Å²) in [6.07, 6.45) is 0.261. The minimum Gasteiger partial charge on any atom is -0.480 e. The molecule has 6 nitrogen and oxygen atoms in total. The zero-order valence-electron chi connectivity index (χ0n) is 12.5. The van der Waals surface area contributed by atoms with Crippen molar-refractivity contribution in [2.75, 3.05) is 12.4 Å². The molecule has 0 aromatic carbocycles. The molecule has 0 saturated heterocycles. The van der Waals surface area contributed by atoms with E-state index >= 15 is 0 Å². The molecule has 0 amide bonds. The van der Waals surface area contributed by atoms with Crippen LogP contribution in [0.5, 0.6) is 0 Å². The fraction of sp³-hybridized carbons (Fsp3) is 0.846. The van der Waals surface area contributed by atoms with Gasteiger partial charge in [0.2, 0.25) is 0 Å². The van der Waals surface area contributed by atoms with Crippen molar-refractivity contribution >= 4 is 21.8 Å². The van der Waals surface area contributed by atoms with Crippen LogP contribution in [-0.4, -0.2) is 43.1 Å². The lowest BCUT2D eigenvalue weighted by Crippen LogP contribution is -2.42. The van der Waals surface area contributed by atoms with E-state index in [1.807, 2.05) is 0 Å². The van der Waals surface area contributed by atoms with E-state index in [0.29, 0.717) is 6.42 Å². The van der Waals surface area contributed by atoms with E-state index in [2.05, 4.69) is 0 Å². The number of esters is 1. The number of ether oxygens (including phenoxy) is 1. The third-order valence-corrected chi connectivity index (χ3v) is 5.49. The third kappa shape index (κ3) is 4.47. The largest absolute Gasteiger partial charge is 0.480 e. The van der Waals surface area contributed by atoms with Crippen molar-refractivity contribution < 1.29 is 27.9 Å². The molecule has 0 saturated carbocycles. The second-order valence-corrected chi connectivity index (χ2v) is 7.70. The van der Waals surface area contributed by atoms with Crippen molar-refractivity contribution in [2.45, 2.75) is 52.2 Å². The lowest BCUT2D eigenvalue weighted by Gasteiger charge is -2.27. The van der Waals surface area contributed by atoms with Crippen LogP contribution in [0, 0.1) is 5.41 Å². The van der Waals surface area contributed by atoms with E-state index in [-0.39, 0.29) is 25.2 Å². The lowest BCUT2D eigenvalue weighted by molar-refractivity contribution is -0.169. The highest BCUT2D eigenvalue weighted by Crippen LogP contribution is 2.32. The molecule has 0 spiro atoms. The summed E-state index contributed by atoms with van der Waals surface area (Å²) in [7, 11) is -3.40. The first-order valence-corrected chi connectivity index (χ1v) is 8.47. The first kappa shape index (κ1) is 18.9. The van der Waals surface area contributed by atoms with Crippen molar-refractivity contribution in [1.29, 1.82) is 0 Å². The zero-order chi connectivity index (χ0) is 16.0. The van der Waals surface area contributed by atoms with E-state index < -0.39 is 32.4 Å². The smallest absolute Gasteiger partial charge is 0.323 e. The minimum atomic E-state index is -3.40. The first-order chi connectivity index (χ1) is 9.14. The van der Waals surface area contributed by atoms with Crippen LogP contribution in [0.3, 0.4) is 0 Å². The van der Waals surface area contributed by atoms with Crippen LogP contribution in [0.2, 0.25) is 0 Å². The van der Waals surface area contributed by atoms with Gasteiger partial charge in [-0.3, -0.25) is 9.59 Å². The summed E-state index contributed by atoms with van der Waals surface area (Å²) >= 11 is 0. The van der Waals surface area contributed by atoms with Gasteiger partial charge in [0.1, 0.15) is 0 Å². The third-order valence-electron chi connectivity index (χ3n) is 3.28. The van der Waals surface area contributed by atoms with E-state index in [1.165, 1.54) is 13.8 Å². The summed E-state index contributed by atoms with van der Waals surface area (Å²) in [6, 6.07) is 0. The SMILES string of the molecule is CCCC(CCS(=O)(=O)C(C)C)(C(=O)O)C(=O)OCC. The molecule has 0 aromatic heterocycles. The highest BCUT2D eigenvalue weighted by molar-refractivity contribution is 7.91. The molecule has 7 heteroatoms. The Morgan fingerprint density at radius 1 is 1.20 bits per heavy atom. The molecule has 0 aliphatic heterocycles. The van der Waals surface area contributed by atoms with Crippen LogP contribution in [0.25, 0.3) is 0 Å². The van der Waals surface area contributed by atoms with Crippen LogP contribution in [0.1, 0.15) is 47.0 Å². The highest BCUT2D eigenvalue weighted by Gasteiger charge is 2.47. The molecular weight excluding hydrogens is 284 g/mol. The normalized spacial score (nSPS) is 14.8. The summed E-state index contributed by atoms with van der Waals surface area (Å²) in [5, 5.41) is 8.79. The van der Waals surface area contributed by atoms with Crippen molar-refractivity contribution in [3.63, 3.8) is 0 Å². The average Bonchev–Trinajstić information content (AvgIpc) is 2.34. The molecule has 0 rings (SSSR count). The number of sulfone groups is 1. The quantitative estimate of drug-likeness (QED) is 0.513. The van der Waals surface area contributed by atoms with Crippen LogP contribution in [-0.2, 0) is 24.2 Å². The number of carbonyl (C=O) groups excluding carboxylic acids is 1. The molecule has 0 aromatic rings. The van der Waals surface area contributed by atoms with Crippen LogP contribution in [0.15, 0.2) is 0 Å². The Bertz CT molecular complexity index is 440. The van der Waals surface area contributed by atoms with Gasteiger partial charge in [0, 0.05) is 0 Å². The molecule has 0 bridgehead atoms. The number of hydrogen-bond acceptors (Lipinski definition) is 5. The van der Waals surface area contributed by atoms with Gasteiger partial charge in [0.25, 0.3) is 0 Å². The van der Waals surface area contributed by atoms with Gasteiger partial charge in [-0.15, -0.1) is 0 Å². The predicted molar refractivity (Wildman–Crippen MR) is 75.1 cm³/mol. The number of carbonyl (C=O) groups is 2. The van der Waals surface area contributed by atoms with Gasteiger partial charge in [-0.2, -0.15) is 0 Å². The Labute approximate surface area is 120 Å².